The van der Waals surface area contributed by atoms with Gasteiger partial charge in [-0.1, -0.05) is 30.3 Å². The lowest BCUT2D eigenvalue weighted by Gasteiger charge is -2.10. The SMILES string of the molecule is N[C@H](CCCO)Cc1ccccc1. The summed E-state index contributed by atoms with van der Waals surface area (Å²) in [4.78, 5) is 0. The number of aliphatic hydroxyl groups excluding tert-OH is 1. The first-order chi connectivity index (χ1) is 6.33. The van der Waals surface area contributed by atoms with Gasteiger partial charge in [-0.15, -0.1) is 0 Å². The highest BCUT2D eigenvalue weighted by Gasteiger charge is 2.02. The lowest BCUT2D eigenvalue weighted by Crippen LogP contribution is -2.22. The number of hydrogen-bond acceptors (Lipinski definition) is 2. The van der Waals surface area contributed by atoms with Crippen molar-refractivity contribution in [3.63, 3.8) is 0 Å². The Balaban J connectivity index is 2.32. The standard InChI is InChI=1S/C11H17NO/c12-11(7-4-8-13)9-10-5-2-1-3-6-10/h1-3,5-6,11,13H,4,7-9,12H2/t11-/m1/s1. The molecule has 0 spiro atoms. The number of aliphatic hydroxyl groups is 1. The maximum atomic E-state index is 8.63. The van der Waals surface area contributed by atoms with Crippen LogP contribution in [0.2, 0.25) is 0 Å². The molecule has 0 amide bonds. The highest BCUT2D eigenvalue weighted by molar-refractivity contribution is 5.15. The van der Waals surface area contributed by atoms with E-state index >= 15 is 0 Å². The monoisotopic (exact) mass is 179 g/mol. The van der Waals surface area contributed by atoms with E-state index in [9.17, 15) is 0 Å². The Morgan fingerprint density at radius 2 is 1.92 bits per heavy atom. The van der Waals surface area contributed by atoms with Crippen LogP contribution in [0.5, 0.6) is 0 Å². The minimum atomic E-state index is 0.176. The van der Waals surface area contributed by atoms with Crippen LogP contribution in [-0.4, -0.2) is 17.8 Å². The van der Waals surface area contributed by atoms with Crippen molar-refractivity contribution in [1.82, 2.24) is 0 Å². The molecule has 13 heavy (non-hydrogen) atoms. The third kappa shape index (κ3) is 4.06. The fourth-order valence-corrected chi connectivity index (χ4v) is 1.37. The second-order valence-electron chi connectivity index (χ2n) is 3.32. The third-order valence-electron chi connectivity index (χ3n) is 2.07. The van der Waals surface area contributed by atoms with Crippen molar-refractivity contribution in [3.05, 3.63) is 35.9 Å². The minimum absolute atomic E-state index is 0.176. The van der Waals surface area contributed by atoms with Gasteiger partial charge < -0.3 is 10.8 Å². The van der Waals surface area contributed by atoms with Gasteiger partial charge >= 0.3 is 0 Å². The zero-order valence-corrected chi connectivity index (χ0v) is 7.82. The van der Waals surface area contributed by atoms with Gasteiger partial charge in [0, 0.05) is 12.6 Å². The average molecular weight is 179 g/mol. The van der Waals surface area contributed by atoms with E-state index in [2.05, 4.69) is 12.1 Å². The van der Waals surface area contributed by atoms with E-state index in [1.807, 2.05) is 18.2 Å². The summed E-state index contributed by atoms with van der Waals surface area (Å²) in [5.41, 5.74) is 7.15. The number of benzene rings is 1. The Labute approximate surface area is 79.4 Å². The Hall–Kier alpha value is -0.860. The van der Waals surface area contributed by atoms with Gasteiger partial charge in [-0.2, -0.15) is 0 Å². The molecule has 0 radical (unpaired) electrons. The Morgan fingerprint density at radius 1 is 1.23 bits per heavy atom. The summed E-state index contributed by atoms with van der Waals surface area (Å²) >= 11 is 0. The average Bonchev–Trinajstić information content (AvgIpc) is 2.16. The molecular formula is C11H17NO. The summed E-state index contributed by atoms with van der Waals surface area (Å²) in [5.74, 6) is 0. The van der Waals surface area contributed by atoms with Crippen molar-refractivity contribution < 1.29 is 5.11 Å². The molecule has 0 aromatic heterocycles. The molecule has 0 saturated carbocycles. The van der Waals surface area contributed by atoms with Gasteiger partial charge in [0.05, 0.1) is 0 Å². The van der Waals surface area contributed by atoms with E-state index < -0.39 is 0 Å². The van der Waals surface area contributed by atoms with Gasteiger partial charge in [-0.05, 0) is 24.8 Å². The minimum Gasteiger partial charge on any atom is -0.396 e. The van der Waals surface area contributed by atoms with Crippen LogP contribution in [0.4, 0.5) is 0 Å². The quantitative estimate of drug-likeness (QED) is 0.716. The molecule has 0 unspecified atom stereocenters. The maximum Gasteiger partial charge on any atom is 0.0431 e. The molecule has 0 aliphatic heterocycles. The number of nitrogens with two attached hydrogens (primary N) is 1. The van der Waals surface area contributed by atoms with Crippen molar-refractivity contribution in [2.45, 2.75) is 25.3 Å². The third-order valence-corrected chi connectivity index (χ3v) is 2.07. The fraction of sp³-hybridized carbons (Fsp3) is 0.455. The topological polar surface area (TPSA) is 46.2 Å². The lowest BCUT2D eigenvalue weighted by atomic mass is 10.0. The highest BCUT2D eigenvalue weighted by Crippen LogP contribution is 2.05. The van der Waals surface area contributed by atoms with Crippen molar-refractivity contribution in [1.29, 1.82) is 0 Å². The van der Waals surface area contributed by atoms with Crippen molar-refractivity contribution in [3.8, 4) is 0 Å². The van der Waals surface area contributed by atoms with E-state index in [1.165, 1.54) is 5.56 Å². The molecule has 0 aliphatic rings. The van der Waals surface area contributed by atoms with Gasteiger partial charge in [0.1, 0.15) is 0 Å². The first-order valence-corrected chi connectivity index (χ1v) is 4.73. The fourth-order valence-electron chi connectivity index (χ4n) is 1.37. The van der Waals surface area contributed by atoms with Crippen molar-refractivity contribution >= 4 is 0 Å². The smallest absolute Gasteiger partial charge is 0.0431 e. The molecule has 3 N–H and O–H groups in total. The molecule has 1 rings (SSSR count). The molecule has 2 nitrogen and oxygen atoms in total. The van der Waals surface area contributed by atoms with Crippen LogP contribution in [0.1, 0.15) is 18.4 Å². The van der Waals surface area contributed by atoms with Crippen molar-refractivity contribution in [2.75, 3.05) is 6.61 Å². The summed E-state index contributed by atoms with van der Waals surface area (Å²) in [7, 11) is 0. The molecule has 1 atom stereocenters. The van der Waals surface area contributed by atoms with Crippen molar-refractivity contribution in [2.24, 2.45) is 5.73 Å². The van der Waals surface area contributed by atoms with Crippen LogP contribution in [0.15, 0.2) is 30.3 Å². The van der Waals surface area contributed by atoms with Crippen LogP contribution < -0.4 is 5.73 Å². The predicted octanol–water partition coefficient (Wildman–Crippen LogP) is 1.33. The molecule has 72 valence electrons. The summed E-state index contributed by atoms with van der Waals surface area (Å²) in [6.45, 7) is 0.239. The Morgan fingerprint density at radius 3 is 2.54 bits per heavy atom. The molecule has 0 heterocycles. The summed E-state index contributed by atoms with van der Waals surface area (Å²) in [6, 6.07) is 10.4. The molecule has 0 aliphatic carbocycles. The van der Waals surface area contributed by atoms with Crippen LogP contribution in [0, 0.1) is 0 Å². The second-order valence-corrected chi connectivity index (χ2v) is 3.32. The van der Waals surface area contributed by atoms with Crippen LogP contribution >= 0.6 is 0 Å². The first-order valence-electron chi connectivity index (χ1n) is 4.73. The number of rotatable bonds is 5. The largest absolute Gasteiger partial charge is 0.396 e. The van der Waals surface area contributed by atoms with Gasteiger partial charge in [0.2, 0.25) is 0 Å². The van der Waals surface area contributed by atoms with Crippen LogP contribution in [0.3, 0.4) is 0 Å². The molecule has 1 aromatic rings. The molecule has 0 fully saturated rings. The lowest BCUT2D eigenvalue weighted by molar-refractivity contribution is 0.279. The molecular weight excluding hydrogens is 162 g/mol. The molecule has 0 bridgehead atoms. The molecule has 1 aromatic carbocycles. The van der Waals surface area contributed by atoms with Crippen LogP contribution in [0.25, 0.3) is 0 Å². The van der Waals surface area contributed by atoms with Gasteiger partial charge in [0.25, 0.3) is 0 Å². The Kier molecular flexibility index (Phi) is 4.50. The van der Waals surface area contributed by atoms with E-state index in [0.717, 1.165) is 19.3 Å². The Bertz CT molecular complexity index is 223. The summed E-state index contributed by atoms with van der Waals surface area (Å²) in [5, 5.41) is 8.63. The highest BCUT2D eigenvalue weighted by atomic mass is 16.2. The zero-order chi connectivity index (χ0) is 9.52. The second kappa shape index (κ2) is 5.73. The molecule has 0 saturated heterocycles. The van der Waals surface area contributed by atoms with Gasteiger partial charge in [-0.25, -0.2) is 0 Å². The van der Waals surface area contributed by atoms with Gasteiger partial charge in [-0.3, -0.25) is 0 Å². The maximum absolute atomic E-state index is 8.63. The zero-order valence-electron chi connectivity index (χ0n) is 7.82. The first kappa shape index (κ1) is 10.2. The van der Waals surface area contributed by atoms with Gasteiger partial charge in [0.15, 0.2) is 0 Å². The van der Waals surface area contributed by atoms with E-state index in [4.69, 9.17) is 10.8 Å². The van der Waals surface area contributed by atoms with E-state index in [-0.39, 0.29) is 12.6 Å². The summed E-state index contributed by atoms with van der Waals surface area (Å²) in [6.07, 6.45) is 2.60. The van der Waals surface area contributed by atoms with E-state index in [0.29, 0.717) is 0 Å². The number of hydrogen-bond donors (Lipinski definition) is 2. The normalized spacial score (nSPS) is 12.8. The predicted molar refractivity (Wildman–Crippen MR) is 54.4 cm³/mol. The molecule has 2 heteroatoms. The van der Waals surface area contributed by atoms with Crippen LogP contribution in [-0.2, 0) is 6.42 Å². The van der Waals surface area contributed by atoms with E-state index in [1.54, 1.807) is 0 Å². The summed E-state index contributed by atoms with van der Waals surface area (Å²) < 4.78 is 0.